The van der Waals surface area contributed by atoms with Crippen molar-refractivity contribution in [2.75, 3.05) is 25.6 Å². The zero-order valence-electron chi connectivity index (χ0n) is 12.8. The molecular weight excluding hydrogens is 246 g/mol. The highest BCUT2D eigenvalue weighted by atomic mass is 15.4. The molecular formula is C17H26N3+. The Bertz CT molecular complexity index is 480. The Morgan fingerprint density at radius 2 is 2.05 bits per heavy atom. The van der Waals surface area contributed by atoms with Gasteiger partial charge in [0.1, 0.15) is 0 Å². The van der Waals surface area contributed by atoms with Crippen molar-refractivity contribution in [2.24, 2.45) is 11.0 Å². The molecule has 1 N–H and O–H groups in total. The van der Waals surface area contributed by atoms with Gasteiger partial charge in [-0.1, -0.05) is 31.7 Å². The molecule has 1 fully saturated rings. The van der Waals surface area contributed by atoms with Gasteiger partial charge in [0, 0.05) is 12.3 Å². The number of likely N-dealkylation sites (N-methyl/N-ethyl adjacent to an activating group) is 1. The summed E-state index contributed by atoms with van der Waals surface area (Å²) in [6, 6.07) is 10.7. The molecule has 0 saturated carbocycles. The molecule has 1 aromatic carbocycles. The second-order valence-electron chi connectivity index (χ2n) is 6.17. The highest BCUT2D eigenvalue weighted by Gasteiger charge is 2.38. The molecule has 0 aliphatic carbocycles. The lowest BCUT2D eigenvalue weighted by Gasteiger charge is -2.45. The van der Waals surface area contributed by atoms with Crippen LogP contribution in [0.1, 0.15) is 20.3 Å². The monoisotopic (exact) mass is 272 g/mol. The fraction of sp³-hybridized carbons (Fsp3) is 0.471. The average Bonchev–Trinajstić information content (AvgIpc) is 2.43. The Balaban J connectivity index is 2.06. The average molecular weight is 272 g/mol. The van der Waals surface area contributed by atoms with Crippen LogP contribution in [0.4, 0.5) is 5.69 Å². The lowest BCUT2D eigenvalue weighted by atomic mass is 9.90. The van der Waals surface area contributed by atoms with Crippen molar-refractivity contribution in [1.29, 1.82) is 0 Å². The zero-order valence-corrected chi connectivity index (χ0v) is 12.8. The number of quaternary nitrogens is 1. The van der Waals surface area contributed by atoms with Gasteiger partial charge in [-0.05, 0) is 25.1 Å². The lowest BCUT2D eigenvalue weighted by molar-refractivity contribution is -0.930. The molecule has 0 aromatic heterocycles. The van der Waals surface area contributed by atoms with Crippen LogP contribution < -0.4 is 5.43 Å². The molecule has 2 rings (SSSR count). The van der Waals surface area contributed by atoms with E-state index in [4.69, 9.17) is 0 Å². The molecule has 0 bridgehead atoms. The van der Waals surface area contributed by atoms with Crippen LogP contribution in [0.3, 0.4) is 0 Å². The van der Waals surface area contributed by atoms with Crippen molar-refractivity contribution in [1.82, 2.24) is 0 Å². The topological polar surface area (TPSA) is 24.4 Å². The number of nitrogens with one attached hydrogen (secondary N) is 1. The number of piperidine rings is 1. The maximum atomic E-state index is 4.64. The van der Waals surface area contributed by atoms with Gasteiger partial charge in [0.2, 0.25) is 0 Å². The minimum Gasteiger partial charge on any atom is -0.320 e. The fourth-order valence-corrected chi connectivity index (χ4v) is 2.99. The summed E-state index contributed by atoms with van der Waals surface area (Å²) in [5.41, 5.74) is 5.51. The first-order valence-corrected chi connectivity index (χ1v) is 7.38. The molecule has 0 amide bonds. The number of nitrogens with zero attached hydrogens (tertiary/aromatic N) is 2. The van der Waals surface area contributed by atoms with Gasteiger partial charge in [-0.2, -0.15) is 5.10 Å². The molecule has 3 heteroatoms. The number of rotatable bonds is 4. The van der Waals surface area contributed by atoms with E-state index in [9.17, 15) is 0 Å². The first kappa shape index (κ1) is 14.8. The van der Waals surface area contributed by atoms with Crippen LogP contribution in [-0.2, 0) is 0 Å². The van der Waals surface area contributed by atoms with Gasteiger partial charge in [0.05, 0.1) is 37.6 Å². The molecule has 1 saturated heterocycles. The highest BCUT2D eigenvalue weighted by Crippen LogP contribution is 2.26. The van der Waals surface area contributed by atoms with Crippen molar-refractivity contribution in [3.63, 3.8) is 0 Å². The van der Waals surface area contributed by atoms with Crippen molar-refractivity contribution in [2.45, 2.75) is 26.3 Å². The normalized spacial score (nSPS) is 32.0. The molecule has 20 heavy (non-hydrogen) atoms. The quantitative estimate of drug-likeness (QED) is 0.506. The van der Waals surface area contributed by atoms with Gasteiger partial charge in [0.15, 0.2) is 0 Å². The van der Waals surface area contributed by atoms with E-state index >= 15 is 0 Å². The van der Waals surface area contributed by atoms with Crippen LogP contribution in [0, 0.1) is 5.92 Å². The minimum atomic E-state index is 0.507. The Morgan fingerprint density at radius 3 is 2.70 bits per heavy atom. The Hall–Kier alpha value is -1.61. The van der Waals surface area contributed by atoms with Crippen LogP contribution in [0.15, 0.2) is 48.1 Å². The van der Waals surface area contributed by atoms with Crippen molar-refractivity contribution >= 4 is 11.4 Å². The van der Waals surface area contributed by atoms with E-state index in [0.29, 0.717) is 12.0 Å². The third kappa shape index (κ3) is 3.28. The number of benzene rings is 1. The Labute approximate surface area is 122 Å². The first-order chi connectivity index (χ1) is 9.55. The number of hydrogen-bond acceptors (Lipinski definition) is 2. The van der Waals surface area contributed by atoms with Gasteiger partial charge in [-0.3, -0.25) is 5.43 Å². The van der Waals surface area contributed by atoms with Gasteiger partial charge < -0.3 is 4.48 Å². The summed E-state index contributed by atoms with van der Waals surface area (Å²) >= 11 is 0. The predicted octanol–water partition coefficient (Wildman–Crippen LogP) is 3.52. The molecule has 3 nitrogen and oxygen atoms in total. The lowest BCUT2D eigenvalue weighted by Crippen LogP contribution is -2.58. The van der Waals surface area contributed by atoms with Gasteiger partial charge >= 0.3 is 0 Å². The molecule has 1 aliphatic heterocycles. The number of hydrogen-bond donors (Lipinski definition) is 1. The number of likely N-dealkylation sites (tertiary alicyclic amines) is 1. The summed E-state index contributed by atoms with van der Waals surface area (Å²) in [4.78, 5) is 0. The smallest absolute Gasteiger partial charge is 0.0971 e. The standard InChI is InChI=1S/C17H26N3/c1-5-11-20(4)13-14(2)17(12-15(20)3)19-18-16-9-7-6-8-10-16/h5-10,14-15,18H,1,11-13H2,2-4H3/q+1/t14-,15-,20-/m1/s1. The third-order valence-corrected chi connectivity index (χ3v) is 4.48. The van der Waals surface area contributed by atoms with Crippen LogP contribution in [0.2, 0.25) is 0 Å². The maximum absolute atomic E-state index is 4.64. The number of hydrazone groups is 1. The van der Waals surface area contributed by atoms with Crippen LogP contribution in [0.25, 0.3) is 0 Å². The molecule has 0 radical (unpaired) electrons. The molecule has 1 aliphatic rings. The fourth-order valence-electron chi connectivity index (χ4n) is 2.99. The van der Waals surface area contributed by atoms with Gasteiger partial charge in [-0.25, -0.2) is 0 Å². The van der Waals surface area contributed by atoms with E-state index in [2.05, 4.69) is 38.0 Å². The summed E-state index contributed by atoms with van der Waals surface area (Å²) in [7, 11) is 2.32. The molecule has 1 heterocycles. The molecule has 108 valence electrons. The summed E-state index contributed by atoms with van der Waals surface area (Å²) in [5.74, 6) is 0.507. The number of anilines is 1. The van der Waals surface area contributed by atoms with Crippen LogP contribution in [0.5, 0.6) is 0 Å². The first-order valence-electron chi connectivity index (χ1n) is 7.38. The second-order valence-corrected chi connectivity index (χ2v) is 6.17. The third-order valence-electron chi connectivity index (χ3n) is 4.48. The second kappa shape index (κ2) is 6.23. The Morgan fingerprint density at radius 1 is 1.35 bits per heavy atom. The van der Waals surface area contributed by atoms with E-state index in [0.717, 1.165) is 29.7 Å². The summed E-state index contributed by atoms with van der Waals surface area (Å²) in [6.07, 6.45) is 3.08. The summed E-state index contributed by atoms with van der Waals surface area (Å²) in [6.45, 7) is 10.6. The van der Waals surface area contributed by atoms with Crippen molar-refractivity contribution in [3.05, 3.63) is 43.0 Å². The van der Waals surface area contributed by atoms with Crippen molar-refractivity contribution in [3.8, 4) is 0 Å². The summed E-state index contributed by atoms with van der Waals surface area (Å²) in [5, 5.41) is 4.64. The van der Waals surface area contributed by atoms with Crippen LogP contribution >= 0.6 is 0 Å². The highest BCUT2D eigenvalue weighted by molar-refractivity contribution is 5.88. The summed E-state index contributed by atoms with van der Waals surface area (Å²) < 4.78 is 1.06. The van der Waals surface area contributed by atoms with E-state index < -0.39 is 0 Å². The van der Waals surface area contributed by atoms with E-state index in [-0.39, 0.29) is 0 Å². The Kier molecular flexibility index (Phi) is 4.61. The largest absolute Gasteiger partial charge is 0.320 e. The predicted molar refractivity (Wildman–Crippen MR) is 86.9 cm³/mol. The van der Waals surface area contributed by atoms with E-state index in [1.807, 2.05) is 36.4 Å². The minimum absolute atomic E-state index is 0.507. The zero-order chi connectivity index (χ0) is 14.6. The van der Waals surface area contributed by atoms with Crippen molar-refractivity contribution < 1.29 is 4.48 Å². The molecule has 0 unspecified atom stereocenters. The van der Waals surface area contributed by atoms with Gasteiger partial charge in [-0.15, -0.1) is 0 Å². The van der Waals surface area contributed by atoms with Crippen LogP contribution in [-0.4, -0.2) is 36.4 Å². The van der Waals surface area contributed by atoms with E-state index in [1.165, 1.54) is 5.71 Å². The molecule has 3 atom stereocenters. The number of para-hydroxylation sites is 1. The molecule has 0 spiro atoms. The van der Waals surface area contributed by atoms with Gasteiger partial charge in [0.25, 0.3) is 0 Å². The maximum Gasteiger partial charge on any atom is 0.0971 e. The molecule has 1 aromatic rings. The SMILES string of the molecule is C=CC[N@+]1(C)C[C@@H](C)C(=NNc2ccccc2)C[C@H]1C. The van der Waals surface area contributed by atoms with E-state index in [1.54, 1.807) is 0 Å².